The minimum absolute atomic E-state index is 0.252. The molecule has 2 heterocycles. The zero-order chi connectivity index (χ0) is 13.1. The Morgan fingerprint density at radius 3 is 2.94 bits per heavy atom. The van der Waals surface area contributed by atoms with Crippen LogP contribution in [0.25, 0.3) is 0 Å². The number of piperazine rings is 1. The number of nitriles is 1. The van der Waals surface area contributed by atoms with E-state index in [1.54, 1.807) is 6.20 Å². The lowest BCUT2D eigenvalue weighted by Crippen LogP contribution is -2.51. The molecule has 0 spiro atoms. The van der Waals surface area contributed by atoms with Gasteiger partial charge in [0.25, 0.3) is 0 Å². The Kier molecular flexibility index (Phi) is 3.78. The predicted molar refractivity (Wildman–Crippen MR) is 70.4 cm³/mol. The van der Waals surface area contributed by atoms with Gasteiger partial charge < -0.3 is 4.90 Å². The smallest absolute Gasteiger partial charge is 0.234 e. The van der Waals surface area contributed by atoms with Gasteiger partial charge in [-0.1, -0.05) is 6.92 Å². The van der Waals surface area contributed by atoms with Crippen LogP contribution in [0.2, 0.25) is 0 Å². The van der Waals surface area contributed by atoms with Gasteiger partial charge in [0.1, 0.15) is 11.9 Å². The normalized spacial score (nSPS) is 20.8. The van der Waals surface area contributed by atoms with Crippen molar-refractivity contribution < 1.29 is 0 Å². The van der Waals surface area contributed by atoms with Gasteiger partial charge in [0.05, 0.1) is 0 Å². The number of hydrogen-bond donors (Lipinski definition) is 0. The number of anilines is 1. The number of aromatic nitrogens is 2. The van der Waals surface area contributed by atoms with Crippen LogP contribution in [0, 0.1) is 18.3 Å². The summed E-state index contributed by atoms with van der Waals surface area (Å²) in [7, 11) is 2.17. The molecular formula is C13H19N5. The molecule has 0 radical (unpaired) electrons. The Morgan fingerprint density at radius 2 is 2.28 bits per heavy atom. The fraction of sp³-hybridized carbons (Fsp3) is 0.615. The standard InChI is InChI=1S/C13H19N5/c1-4-11-9-18(6-5-17(11)3)13-10(2)8-15-12(7-14)16-13/h8,11H,4-6,9H2,1-3H3. The Balaban J connectivity index is 2.24. The van der Waals surface area contributed by atoms with Gasteiger partial charge in [-0.25, -0.2) is 9.97 Å². The van der Waals surface area contributed by atoms with Crippen molar-refractivity contribution in [2.24, 2.45) is 0 Å². The summed E-state index contributed by atoms with van der Waals surface area (Å²) in [5.74, 6) is 1.16. The number of likely N-dealkylation sites (N-methyl/N-ethyl adjacent to an activating group) is 1. The Bertz CT molecular complexity index is 465. The summed E-state index contributed by atoms with van der Waals surface area (Å²) in [4.78, 5) is 13.0. The molecule has 1 fully saturated rings. The summed E-state index contributed by atoms with van der Waals surface area (Å²) in [6, 6.07) is 2.56. The highest BCUT2D eigenvalue weighted by Crippen LogP contribution is 2.20. The van der Waals surface area contributed by atoms with E-state index in [1.807, 2.05) is 13.0 Å². The van der Waals surface area contributed by atoms with E-state index in [0.717, 1.165) is 37.4 Å². The first-order valence-corrected chi connectivity index (χ1v) is 6.34. The molecule has 1 aliphatic rings. The van der Waals surface area contributed by atoms with E-state index < -0.39 is 0 Å². The fourth-order valence-electron chi connectivity index (χ4n) is 2.39. The predicted octanol–water partition coefficient (Wildman–Crippen LogP) is 1.19. The number of nitrogens with zero attached hydrogens (tertiary/aromatic N) is 5. The van der Waals surface area contributed by atoms with E-state index in [9.17, 15) is 0 Å². The highest BCUT2D eigenvalue weighted by atomic mass is 15.3. The molecule has 5 nitrogen and oxygen atoms in total. The maximum atomic E-state index is 8.89. The second kappa shape index (κ2) is 5.32. The Labute approximate surface area is 108 Å². The molecular weight excluding hydrogens is 226 g/mol. The third kappa shape index (κ3) is 2.44. The molecule has 1 aliphatic heterocycles. The quantitative estimate of drug-likeness (QED) is 0.783. The summed E-state index contributed by atoms with van der Waals surface area (Å²) in [5.41, 5.74) is 1.04. The molecule has 0 amide bonds. The summed E-state index contributed by atoms with van der Waals surface area (Å²) in [6.45, 7) is 7.16. The van der Waals surface area contributed by atoms with Gasteiger partial charge in [0, 0.05) is 37.4 Å². The molecule has 2 rings (SSSR count). The van der Waals surface area contributed by atoms with Crippen LogP contribution in [-0.4, -0.2) is 47.6 Å². The van der Waals surface area contributed by atoms with E-state index in [4.69, 9.17) is 5.26 Å². The monoisotopic (exact) mass is 245 g/mol. The summed E-state index contributed by atoms with van der Waals surface area (Å²) < 4.78 is 0. The van der Waals surface area contributed by atoms with Gasteiger partial charge in [-0.15, -0.1) is 0 Å². The van der Waals surface area contributed by atoms with Crippen molar-refractivity contribution in [2.45, 2.75) is 26.3 Å². The largest absolute Gasteiger partial charge is 0.353 e. The lowest BCUT2D eigenvalue weighted by Gasteiger charge is -2.40. The molecule has 1 atom stereocenters. The maximum Gasteiger partial charge on any atom is 0.234 e. The zero-order valence-electron chi connectivity index (χ0n) is 11.2. The van der Waals surface area contributed by atoms with Crippen molar-refractivity contribution in [1.82, 2.24) is 14.9 Å². The SMILES string of the molecule is CCC1CN(c2nc(C#N)ncc2C)CCN1C. The van der Waals surface area contributed by atoms with Crippen LogP contribution in [0.1, 0.15) is 24.7 Å². The molecule has 5 heteroatoms. The van der Waals surface area contributed by atoms with Crippen LogP contribution in [0.15, 0.2) is 6.20 Å². The van der Waals surface area contributed by atoms with Crippen molar-refractivity contribution in [1.29, 1.82) is 5.26 Å². The van der Waals surface area contributed by atoms with E-state index in [0.29, 0.717) is 6.04 Å². The Morgan fingerprint density at radius 1 is 1.50 bits per heavy atom. The highest BCUT2D eigenvalue weighted by Gasteiger charge is 2.24. The average Bonchev–Trinajstić information content (AvgIpc) is 2.40. The lowest BCUT2D eigenvalue weighted by molar-refractivity contribution is 0.212. The molecule has 0 aromatic carbocycles. The van der Waals surface area contributed by atoms with Crippen LogP contribution >= 0.6 is 0 Å². The maximum absolute atomic E-state index is 8.89. The summed E-state index contributed by atoms with van der Waals surface area (Å²) >= 11 is 0. The molecule has 0 bridgehead atoms. The molecule has 96 valence electrons. The second-order valence-corrected chi connectivity index (χ2v) is 4.80. The Hall–Kier alpha value is -1.67. The number of rotatable bonds is 2. The minimum atomic E-state index is 0.252. The summed E-state index contributed by atoms with van der Waals surface area (Å²) in [6.07, 6.45) is 2.86. The first kappa shape index (κ1) is 12.8. The van der Waals surface area contributed by atoms with Gasteiger partial charge >= 0.3 is 0 Å². The number of hydrogen-bond acceptors (Lipinski definition) is 5. The average molecular weight is 245 g/mol. The second-order valence-electron chi connectivity index (χ2n) is 4.80. The van der Waals surface area contributed by atoms with E-state index in [-0.39, 0.29) is 5.82 Å². The first-order chi connectivity index (χ1) is 8.65. The van der Waals surface area contributed by atoms with Crippen molar-refractivity contribution >= 4 is 5.82 Å². The van der Waals surface area contributed by atoms with Crippen molar-refractivity contribution in [3.8, 4) is 6.07 Å². The van der Waals surface area contributed by atoms with Crippen LogP contribution in [-0.2, 0) is 0 Å². The molecule has 18 heavy (non-hydrogen) atoms. The first-order valence-electron chi connectivity index (χ1n) is 6.34. The molecule has 1 aromatic rings. The number of aryl methyl sites for hydroxylation is 1. The van der Waals surface area contributed by atoms with Crippen molar-refractivity contribution in [3.05, 3.63) is 17.6 Å². The van der Waals surface area contributed by atoms with Gasteiger partial charge in [-0.3, -0.25) is 4.90 Å². The zero-order valence-corrected chi connectivity index (χ0v) is 11.2. The van der Waals surface area contributed by atoms with Gasteiger partial charge in [0.15, 0.2) is 0 Å². The lowest BCUT2D eigenvalue weighted by atomic mass is 10.1. The molecule has 0 N–H and O–H groups in total. The van der Waals surface area contributed by atoms with Gasteiger partial charge in [0.2, 0.25) is 5.82 Å². The molecule has 1 unspecified atom stereocenters. The molecule has 1 aromatic heterocycles. The third-order valence-electron chi connectivity index (χ3n) is 3.59. The van der Waals surface area contributed by atoms with E-state index in [2.05, 4.69) is 33.7 Å². The topological polar surface area (TPSA) is 56.1 Å². The molecule has 0 aliphatic carbocycles. The fourth-order valence-corrected chi connectivity index (χ4v) is 2.39. The van der Waals surface area contributed by atoms with Crippen LogP contribution in [0.4, 0.5) is 5.82 Å². The molecule has 1 saturated heterocycles. The molecule has 0 saturated carbocycles. The van der Waals surface area contributed by atoms with Gasteiger partial charge in [-0.05, 0) is 20.4 Å². The summed E-state index contributed by atoms with van der Waals surface area (Å²) in [5, 5.41) is 8.89. The van der Waals surface area contributed by atoms with Crippen molar-refractivity contribution in [2.75, 3.05) is 31.6 Å². The van der Waals surface area contributed by atoms with Crippen LogP contribution in [0.5, 0.6) is 0 Å². The third-order valence-corrected chi connectivity index (χ3v) is 3.59. The highest BCUT2D eigenvalue weighted by molar-refractivity contribution is 5.47. The van der Waals surface area contributed by atoms with E-state index >= 15 is 0 Å². The van der Waals surface area contributed by atoms with E-state index in [1.165, 1.54) is 0 Å². The van der Waals surface area contributed by atoms with Gasteiger partial charge in [-0.2, -0.15) is 5.26 Å². The van der Waals surface area contributed by atoms with Crippen LogP contribution in [0.3, 0.4) is 0 Å². The minimum Gasteiger partial charge on any atom is -0.353 e. The van der Waals surface area contributed by atoms with Crippen LogP contribution < -0.4 is 4.90 Å². The van der Waals surface area contributed by atoms with Crippen molar-refractivity contribution in [3.63, 3.8) is 0 Å².